The molecule has 1 aliphatic heterocycles. The van der Waals surface area contributed by atoms with Gasteiger partial charge in [0.25, 0.3) is 0 Å². The number of nitrogens with two attached hydrogens (primary N) is 1. The number of nitrogen functional groups attached to an aromatic ring is 1. The van der Waals surface area contributed by atoms with Crippen molar-refractivity contribution < 1.29 is 14.6 Å². The molecule has 1 saturated heterocycles. The van der Waals surface area contributed by atoms with Crippen LogP contribution in [0.2, 0.25) is 0 Å². The highest BCUT2D eigenvalue weighted by molar-refractivity contribution is 7.99. The van der Waals surface area contributed by atoms with Gasteiger partial charge in [0.05, 0.1) is 11.9 Å². The number of aliphatic carboxylic acids is 1. The highest BCUT2D eigenvalue weighted by atomic mass is 32.2. The normalized spacial score (nSPS) is 24.1. The van der Waals surface area contributed by atoms with E-state index < -0.39 is 5.97 Å². The first kappa shape index (κ1) is 13.2. The first-order valence-electron chi connectivity index (χ1n) is 5.74. The van der Waals surface area contributed by atoms with Crippen molar-refractivity contribution in [1.29, 1.82) is 0 Å². The van der Waals surface area contributed by atoms with Gasteiger partial charge >= 0.3 is 5.97 Å². The van der Waals surface area contributed by atoms with Gasteiger partial charge in [-0.25, -0.2) is 0 Å². The van der Waals surface area contributed by atoms with Crippen LogP contribution in [-0.4, -0.2) is 44.3 Å². The van der Waals surface area contributed by atoms with Crippen LogP contribution in [-0.2, 0) is 9.53 Å². The summed E-state index contributed by atoms with van der Waals surface area (Å²) in [5, 5.41) is 17.0. The van der Waals surface area contributed by atoms with Gasteiger partial charge in [0.15, 0.2) is 5.16 Å². The zero-order valence-corrected chi connectivity index (χ0v) is 10.9. The zero-order chi connectivity index (χ0) is 13.1. The van der Waals surface area contributed by atoms with Crippen molar-refractivity contribution in [3.05, 3.63) is 0 Å². The lowest BCUT2D eigenvalue weighted by molar-refractivity contribution is -0.133. The summed E-state index contributed by atoms with van der Waals surface area (Å²) in [5.41, 5.74) is 5.81. The van der Waals surface area contributed by atoms with E-state index in [0.717, 1.165) is 24.6 Å². The Balaban J connectivity index is 2.15. The molecular weight excluding hydrogens is 256 g/mol. The predicted molar refractivity (Wildman–Crippen MR) is 66.5 cm³/mol. The van der Waals surface area contributed by atoms with Crippen molar-refractivity contribution in [1.82, 2.24) is 14.8 Å². The Bertz CT molecular complexity index is 437. The van der Waals surface area contributed by atoms with Gasteiger partial charge in [-0.05, 0) is 19.8 Å². The minimum Gasteiger partial charge on any atom is -0.481 e. The molecule has 1 aliphatic rings. The zero-order valence-electron chi connectivity index (χ0n) is 10.1. The van der Waals surface area contributed by atoms with Crippen LogP contribution >= 0.6 is 11.8 Å². The van der Waals surface area contributed by atoms with Crippen LogP contribution in [0.1, 0.15) is 25.8 Å². The van der Waals surface area contributed by atoms with Gasteiger partial charge in [0.2, 0.25) is 5.95 Å². The molecule has 1 aromatic heterocycles. The summed E-state index contributed by atoms with van der Waals surface area (Å²) in [6.45, 7) is 2.68. The fourth-order valence-corrected chi connectivity index (χ4v) is 2.80. The molecule has 18 heavy (non-hydrogen) atoms. The second-order valence-corrected chi connectivity index (χ2v) is 5.20. The number of nitrogens with zero attached hydrogens (tertiary/aromatic N) is 3. The summed E-state index contributed by atoms with van der Waals surface area (Å²) >= 11 is 1.14. The second kappa shape index (κ2) is 5.57. The lowest BCUT2D eigenvalue weighted by Gasteiger charge is -2.29. The van der Waals surface area contributed by atoms with Crippen molar-refractivity contribution in [2.45, 2.75) is 37.1 Å². The topological polar surface area (TPSA) is 103 Å². The van der Waals surface area contributed by atoms with Gasteiger partial charge in [0.1, 0.15) is 0 Å². The van der Waals surface area contributed by atoms with Gasteiger partial charge in [-0.15, -0.1) is 10.2 Å². The van der Waals surface area contributed by atoms with Crippen molar-refractivity contribution in [2.75, 3.05) is 18.1 Å². The van der Waals surface area contributed by atoms with E-state index in [1.54, 1.807) is 0 Å². The van der Waals surface area contributed by atoms with Crippen LogP contribution < -0.4 is 5.73 Å². The highest BCUT2D eigenvalue weighted by Gasteiger charge is 2.25. The van der Waals surface area contributed by atoms with Gasteiger partial charge in [-0.1, -0.05) is 11.8 Å². The smallest absolute Gasteiger partial charge is 0.313 e. The number of rotatable bonds is 4. The average Bonchev–Trinajstić information content (AvgIpc) is 2.68. The molecule has 0 radical (unpaired) electrons. The SMILES string of the molecule is CC1CC(n2c(N)nnc2SCC(=O)O)CCO1. The quantitative estimate of drug-likeness (QED) is 0.780. The van der Waals surface area contributed by atoms with Crippen LogP contribution in [0.15, 0.2) is 5.16 Å². The van der Waals surface area contributed by atoms with Gasteiger partial charge in [-0.3, -0.25) is 9.36 Å². The summed E-state index contributed by atoms with van der Waals surface area (Å²) in [4.78, 5) is 10.6. The van der Waals surface area contributed by atoms with Gasteiger partial charge < -0.3 is 15.6 Å². The van der Waals surface area contributed by atoms with E-state index in [9.17, 15) is 4.79 Å². The van der Waals surface area contributed by atoms with Crippen LogP contribution in [0.4, 0.5) is 5.95 Å². The van der Waals surface area contributed by atoms with Gasteiger partial charge in [-0.2, -0.15) is 0 Å². The Labute approximate surface area is 109 Å². The number of anilines is 1. The largest absolute Gasteiger partial charge is 0.481 e. The number of hydrogen-bond donors (Lipinski definition) is 2. The monoisotopic (exact) mass is 272 g/mol. The molecule has 1 fully saturated rings. The number of carbonyl (C=O) groups is 1. The summed E-state index contributed by atoms with van der Waals surface area (Å²) < 4.78 is 7.31. The molecule has 7 nitrogen and oxygen atoms in total. The molecule has 2 heterocycles. The fourth-order valence-electron chi connectivity index (χ4n) is 2.07. The highest BCUT2D eigenvalue weighted by Crippen LogP contribution is 2.31. The Morgan fingerprint density at radius 3 is 3.11 bits per heavy atom. The van der Waals surface area contributed by atoms with Crippen LogP contribution in [0.3, 0.4) is 0 Å². The summed E-state index contributed by atoms with van der Waals surface area (Å²) in [6.07, 6.45) is 1.85. The number of hydrogen-bond acceptors (Lipinski definition) is 6. The standard InChI is InChI=1S/C10H16N4O3S/c1-6-4-7(2-3-17-6)14-9(11)12-13-10(14)18-5-8(15)16/h6-7H,2-5H2,1H3,(H2,11,12)(H,15,16). The van der Waals surface area contributed by atoms with Crippen LogP contribution in [0.5, 0.6) is 0 Å². The molecule has 2 unspecified atom stereocenters. The van der Waals surface area contributed by atoms with E-state index >= 15 is 0 Å². The van der Waals surface area contributed by atoms with Gasteiger partial charge in [0, 0.05) is 12.6 Å². The molecule has 0 saturated carbocycles. The van der Waals surface area contributed by atoms with Crippen LogP contribution in [0, 0.1) is 0 Å². The second-order valence-electron chi connectivity index (χ2n) is 4.25. The van der Waals surface area contributed by atoms with Crippen molar-refractivity contribution >= 4 is 23.7 Å². The third-order valence-corrected chi connectivity index (χ3v) is 3.77. The summed E-state index contributed by atoms with van der Waals surface area (Å²) in [5.74, 6) is -0.591. The minimum atomic E-state index is -0.881. The van der Waals surface area contributed by atoms with Crippen molar-refractivity contribution in [3.63, 3.8) is 0 Å². The molecule has 3 N–H and O–H groups in total. The number of carboxylic acid groups (broad SMARTS) is 1. The third kappa shape index (κ3) is 2.94. The van der Waals surface area contributed by atoms with E-state index in [-0.39, 0.29) is 17.9 Å². The predicted octanol–water partition coefficient (Wildman–Crippen LogP) is 0.777. The van der Waals surface area contributed by atoms with E-state index in [2.05, 4.69) is 10.2 Å². The molecule has 100 valence electrons. The molecule has 2 rings (SSSR count). The molecule has 0 amide bonds. The van der Waals surface area contributed by atoms with E-state index in [1.165, 1.54) is 0 Å². The number of aromatic nitrogens is 3. The first-order valence-corrected chi connectivity index (χ1v) is 6.73. The maximum Gasteiger partial charge on any atom is 0.313 e. The number of carboxylic acids is 1. The molecule has 0 spiro atoms. The molecule has 8 heteroatoms. The molecule has 0 aromatic carbocycles. The third-order valence-electron chi connectivity index (χ3n) is 2.84. The average molecular weight is 272 g/mol. The molecular formula is C10H16N4O3S. The van der Waals surface area contributed by atoms with E-state index in [1.807, 2.05) is 11.5 Å². The lowest BCUT2D eigenvalue weighted by atomic mass is 10.0. The molecule has 0 aliphatic carbocycles. The minimum absolute atomic E-state index is 0.0447. The molecule has 2 atom stereocenters. The Hall–Kier alpha value is -1.28. The lowest BCUT2D eigenvalue weighted by Crippen LogP contribution is -2.26. The van der Waals surface area contributed by atoms with Crippen LogP contribution in [0.25, 0.3) is 0 Å². The molecule has 1 aromatic rings. The van der Waals surface area contributed by atoms with E-state index in [4.69, 9.17) is 15.6 Å². The first-order chi connectivity index (χ1) is 8.58. The summed E-state index contributed by atoms with van der Waals surface area (Å²) in [7, 11) is 0. The molecule has 0 bridgehead atoms. The van der Waals surface area contributed by atoms with Crippen molar-refractivity contribution in [2.24, 2.45) is 0 Å². The maximum atomic E-state index is 10.6. The number of ether oxygens (including phenoxy) is 1. The summed E-state index contributed by atoms with van der Waals surface area (Å²) in [6, 6.07) is 0.181. The Kier molecular flexibility index (Phi) is 4.07. The van der Waals surface area contributed by atoms with Crippen molar-refractivity contribution in [3.8, 4) is 0 Å². The van der Waals surface area contributed by atoms with E-state index in [0.29, 0.717) is 17.7 Å². The maximum absolute atomic E-state index is 10.6. The fraction of sp³-hybridized carbons (Fsp3) is 0.700. The number of thioether (sulfide) groups is 1. The Morgan fingerprint density at radius 1 is 1.67 bits per heavy atom. The Morgan fingerprint density at radius 2 is 2.44 bits per heavy atom.